The number of hydrogen-bond acceptors (Lipinski definition) is 3. The lowest BCUT2D eigenvalue weighted by molar-refractivity contribution is -0.274. The topological polar surface area (TPSA) is 21.3 Å². The third-order valence-electron chi connectivity index (χ3n) is 4.17. The molecule has 0 saturated carbocycles. The van der Waals surface area contributed by atoms with Crippen LogP contribution in [0.4, 0.5) is 13.2 Å². The molecular formula is C21H20F3NOS. The van der Waals surface area contributed by atoms with Gasteiger partial charge in [0.2, 0.25) is 0 Å². The van der Waals surface area contributed by atoms with Gasteiger partial charge in [-0.15, -0.1) is 24.9 Å². The lowest BCUT2D eigenvalue weighted by atomic mass is 10.00. The molecule has 0 aliphatic carbocycles. The molecular weight excluding hydrogens is 371 g/mol. The molecule has 0 amide bonds. The molecule has 3 aromatic rings. The third kappa shape index (κ3) is 5.65. The predicted molar refractivity (Wildman–Crippen MR) is 104 cm³/mol. The van der Waals surface area contributed by atoms with E-state index < -0.39 is 6.36 Å². The van der Waals surface area contributed by atoms with E-state index in [0.717, 1.165) is 17.2 Å². The van der Waals surface area contributed by atoms with E-state index in [1.54, 1.807) is 23.9 Å². The number of halogens is 3. The first kappa shape index (κ1) is 19.6. The van der Waals surface area contributed by atoms with E-state index >= 15 is 0 Å². The van der Waals surface area contributed by atoms with Gasteiger partial charge in [-0.2, -0.15) is 0 Å². The number of fused-ring (bicyclic) bond motifs is 1. The van der Waals surface area contributed by atoms with Crippen molar-refractivity contribution in [3.8, 4) is 5.75 Å². The Kier molecular flexibility index (Phi) is 6.29. The van der Waals surface area contributed by atoms with E-state index in [2.05, 4.69) is 47.3 Å². The molecule has 2 nitrogen and oxygen atoms in total. The maximum absolute atomic E-state index is 12.2. The molecule has 0 bridgehead atoms. The second-order valence-corrected chi connectivity index (χ2v) is 7.28. The number of benzene rings is 3. The Morgan fingerprint density at radius 3 is 2.41 bits per heavy atom. The summed E-state index contributed by atoms with van der Waals surface area (Å²) in [6.45, 7) is 2.92. The Hall–Kier alpha value is -2.18. The number of alkyl halides is 3. The van der Waals surface area contributed by atoms with Gasteiger partial charge >= 0.3 is 6.36 Å². The molecule has 0 aliphatic rings. The highest BCUT2D eigenvalue weighted by Gasteiger charge is 2.30. The first-order valence-corrected chi connectivity index (χ1v) is 9.60. The summed E-state index contributed by atoms with van der Waals surface area (Å²) in [6.07, 6.45) is -4.66. The summed E-state index contributed by atoms with van der Waals surface area (Å²) in [6, 6.07) is 20.8. The van der Waals surface area contributed by atoms with Crippen molar-refractivity contribution in [1.29, 1.82) is 0 Å². The van der Waals surface area contributed by atoms with E-state index in [4.69, 9.17) is 0 Å². The molecule has 0 spiro atoms. The smallest absolute Gasteiger partial charge is 0.406 e. The van der Waals surface area contributed by atoms with Gasteiger partial charge in [-0.1, -0.05) is 42.5 Å². The largest absolute Gasteiger partial charge is 0.573 e. The van der Waals surface area contributed by atoms with Crippen molar-refractivity contribution in [3.63, 3.8) is 0 Å². The Labute approximate surface area is 160 Å². The van der Waals surface area contributed by atoms with Gasteiger partial charge in [-0.25, -0.2) is 0 Å². The molecule has 0 radical (unpaired) electrons. The maximum atomic E-state index is 12.2. The molecule has 0 unspecified atom stereocenters. The molecule has 3 rings (SSSR count). The highest BCUT2D eigenvalue weighted by atomic mass is 32.2. The van der Waals surface area contributed by atoms with Gasteiger partial charge in [0.05, 0.1) is 0 Å². The van der Waals surface area contributed by atoms with Gasteiger partial charge in [0, 0.05) is 23.2 Å². The standard InChI is InChI=1S/C21H20F3NOS/c1-15(19-8-4-6-16-5-2-3-7-20(16)19)25-13-14-27-18-11-9-17(10-12-18)26-21(22,23)24/h2-12,15,25H,13-14H2,1H3/t15-/m1/s1. The zero-order valence-corrected chi connectivity index (χ0v) is 15.6. The second kappa shape index (κ2) is 8.67. The minimum absolute atomic E-state index is 0.199. The quantitative estimate of drug-likeness (QED) is 0.384. The Bertz CT molecular complexity index is 875. The number of rotatable bonds is 7. The summed E-state index contributed by atoms with van der Waals surface area (Å²) in [7, 11) is 0. The molecule has 142 valence electrons. The zero-order chi connectivity index (χ0) is 19.3. The van der Waals surface area contributed by atoms with Crippen LogP contribution in [-0.2, 0) is 0 Å². The average Bonchev–Trinajstić information content (AvgIpc) is 2.64. The van der Waals surface area contributed by atoms with Gasteiger partial charge in [0.1, 0.15) is 5.75 Å². The maximum Gasteiger partial charge on any atom is 0.573 e. The van der Waals surface area contributed by atoms with Gasteiger partial charge in [0.15, 0.2) is 0 Å². The normalized spacial score (nSPS) is 12.9. The van der Waals surface area contributed by atoms with Crippen molar-refractivity contribution in [2.45, 2.75) is 24.2 Å². The van der Waals surface area contributed by atoms with E-state index in [1.807, 2.05) is 12.1 Å². The van der Waals surface area contributed by atoms with Crippen molar-refractivity contribution >= 4 is 22.5 Å². The highest BCUT2D eigenvalue weighted by molar-refractivity contribution is 7.99. The van der Waals surface area contributed by atoms with Gasteiger partial charge in [0.25, 0.3) is 0 Å². The van der Waals surface area contributed by atoms with Crippen LogP contribution in [0.3, 0.4) is 0 Å². The molecule has 0 aliphatic heterocycles. The third-order valence-corrected chi connectivity index (χ3v) is 5.18. The fourth-order valence-corrected chi connectivity index (χ4v) is 3.70. The predicted octanol–water partition coefficient (Wildman–Crippen LogP) is 6.18. The van der Waals surface area contributed by atoms with Crippen LogP contribution in [0.15, 0.2) is 71.6 Å². The lowest BCUT2D eigenvalue weighted by Crippen LogP contribution is -2.21. The molecule has 3 aromatic carbocycles. The summed E-state index contributed by atoms with van der Waals surface area (Å²) in [5, 5.41) is 5.97. The molecule has 0 saturated heterocycles. The number of ether oxygens (including phenoxy) is 1. The van der Waals surface area contributed by atoms with Crippen molar-refractivity contribution in [2.75, 3.05) is 12.3 Å². The SMILES string of the molecule is C[C@@H](NCCSc1ccc(OC(F)(F)F)cc1)c1cccc2ccccc12. The number of nitrogens with one attached hydrogen (secondary N) is 1. The Balaban J connectivity index is 1.50. The minimum Gasteiger partial charge on any atom is -0.406 e. The van der Waals surface area contributed by atoms with Crippen molar-refractivity contribution < 1.29 is 17.9 Å². The Morgan fingerprint density at radius 1 is 0.963 bits per heavy atom. The first-order valence-electron chi connectivity index (χ1n) is 8.62. The van der Waals surface area contributed by atoms with E-state index in [0.29, 0.717) is 0 Å². The van der Waals surface area contributed by atoms with E-state index in [1.165, 1.54) is 28.5 Å². The first-order chi connectivity index (χ1) is 12.9. The summed E-state index contributed by atoms with van der Waals surface area (Å²) < 4.78 is 40.4. The Morgan fingerprint density at radius 2 is 1.67 bits per heavy atom. The molecule has 27 heavy (non-hydrogen) atoms. The summed E-state index contributed by atoms with van der Waals surface area (Å²) in [5.41, 5.74) is 1.26. The van der Waals surface area contributed by atoms with Crippen LogP contribution in [0.25, 0.3) is 10.8 Å². The van der Waals surface area contributed by atoms with Gasteiger partial charge < -0.3 is 10.1 Å². The summed E-state index contributed by atoms with van der Waals surface area (Å²) in [4.78, 5) is 0.907. The summed E-state index contributed by atoms with van der Waals surface area (Å²) in [5.74, 6) is 0.615. The van der Waals surface area contributed by atoms with Crippen LogP contribution >= 0.6 is 11.8 Å². The van der Waals surface area contributed by atoms with Crippen LogP contribution in [-0.4, -0.2) is 18.7 Å². The van der Waals surface area contributed by atoms with Crippen molar-refractivity contribution in [3.05, 3.63) is 72.3 Å². The minimum atomic E-state index is -4.66. The monoisotopic (exact) mass is 391 g/mol. The van der Waals surface area contributed by atoms with E-state index in [-0.39, 0.29) is 11.8 Å². The average molecular weight is 391 g/mol. The molecule has 0 fully saturated rings. The van der Waals surface area contributed by atoms with Crippen molar-refractivity contribution in [2.24, 2.45) is 0 Å². The number of thioether (sulfide) groups is 1. The van der Waals surface area contributed by atoms with Crippen LogP contribution in [0.2, 0.25) is 0 Å². The molecule has 0 heterocycles. The molecule has 0 aromatic heterocycles. The van der Waals surface area contributed by atoms with Crippen molar-refractivity contribution in [1.82, 2.24) is 5.32 Å². The second-order valence-electron chi connectivity index (χ2n) is 6.11. The lowest BCUT2D eigenvalue weighted by Gasteiger charge is -2.16. The van der Waals surface area contributed by atoms with E-state index in [9.17, 15) is 13.2 Å². The molecule has 6 heteroatoms. The fourth-order valence-electron chi connectivity index (χ4n) is 2.92. The van der Waals surface area contributed by atoms with Crippen LogP contribution in [0.5, 0.6) is 5.75 Å². The van der Waals surface area contributed by atoms with Gasteiger partial charge in [-0.05, 0) is 47.5 Å². The van der Waals surface area contributed by atoms with Crippen LogP contribution < -0.4 is 10.1 Å². The summed E-state index contributed by atoms with van der Waals surface area (Å²) >= 11 is 1.59. The highest BCUT2D eigenvalue weighted by Crippen LogP contribution is 2.27. The fraction of sp³-hybridized carbons (Fsp3) is 0.238. The zero-order valence-electron chi connectivity index (χ0n) is 14.8. The van der Waals surface area contributed by atoms with Crippen LogP contribution in [0, 0.1) is 0 Å². The number of hydrogen-bond donors (Lipinski definition) is 1. The van der Waals surface area contributed by atoms with Crippen LogP contribution in [0.1, 0.15) is 18.5 Å². The van der Waals surface area contributed by atoms with Gasteiger partial charge in [-0.3, -0.25) is 0 Å². The molecule has 1 N–H and O–H groups in total. The molecule has 1 atom stereocenters.